The zero-order valence-corrected chi connectivity index (χ0v) is 24.6. The van der Waals surface area contributed by atoms with Crippen LogP contribution in [0.15, 0.2) is 70.2 Å². The van der Waals surface area contributed by atoms with Crippen LogP contribution in [-0.2, 0) is 0 Å². The third-order valence-electron chi connectivity index (χ3n) is 8.61. The fourth-order valence-electron chi connectivity index (χ4n) is 6.96. The van der Waals surface area contributed by atoms with E-state index in [0.717, 1.165) is 0 Å². The van der Waals surface area contributed by atoms with E-state index in [4.69, 9.17) is 0 Å². The lowest BCUT2D eigenvalue weighted by molar-refractivity contribution is 0.275. The van der Waals surface area contributed by atoms with Crippen molar-refractivity contribution in [1.82, 2.24) is 0 Å². The average molecular weight is 540 g/mol. The normalized spacial score (nSPS) is 19.0. The molecular weight excluding hydrogens is 500 g/mol. The second kappa shape index (κ2) is 9.18. The van der Waals surface area contributed by atoms with Crippen LogP contribution in [0.25, 0.3) is 23.3 Å². The molecule has 0 aliphatic heterocycles. The molecule has 3 aromatic rings. The maximum Gasteiger partial charge on any atom is 0.0250 e. The summed E-state index contributed by atoms with van der Waals surface area (Å²) in [6.07, 6.45) is 4.87. The molecule has 0 aromatic heterocycles. The SMILES string of the molecule is CC1=Cc2c(Br)cccc2C1C(C)(C)C1C(C)=Cc2c(-c3cc(C(C)C)cc(C(C)C)c3)cccc21. The van der Waals surface area contributed by atoms with E-state index in [1.807, 2.05) is 0 Å². The van der Waals surface area contributed by atoms with Crippen LogP contribution in [0.3, 0.4) is 0 Å². The summed E-state index contributed by atoms with van der Waals surface area (Å²) in [5.74, 6) is 1.80. The first kappa shape index (κ1) is 25.3. The van der Waals surface area contributed by atoms with Gasteiger partial charge in [0, 0.05) is 16.3 Å². The largest absolute Gasteiger partial charge is 0.0646 e. The minimum Gasteiger partial charge on any atom is -0.0646 e. The van der Waals surface area contributed by atoms with E-state index >= 15 is 0 Å². The van der Waals surface area contributed by atoms with Gasteiger partial charge < -0.3 is 0 Å². The Morgan fingerprint density at radius 3 is 1.75 bits per heavy atom. The molecule has 0 saturated carbocycles. The van der Waals surface area contributed by atoms with Crippen molar-refractivity contribution < 1.29 is 0 Å². The van der Waals surface area contributed by atoms with Crippen molar-refractivity contribution >= 4 is 28.1 Å². The van der Waals surface area contributed by atoms with Gasteiger partial charge in [0.05, 0.1) is 0 Å². The molecule has 36 heavy (non-hydrogen) atoms. The summed E-state index contributed by atoms with van der Waals surface area (Å²) in [7, 11) is 0. The molecule has 2 aliphatic carbocycles. The lowest BCUT2D eigenvalue weighted by Gasteiger charge is -2.41. The summed E-state index contributed by atoms with van der Waals surface area (Å²) in [6.45, 7) is 18.8. The minimum absolute atomic E-state index is 0.0416. The smallest absolute Gasteiger partial charge is 0.0250 e. The molecule has 0 amide bonds. The standard InChI is InChI=1S/C35H39Br/c1-20(2)24-17-25(21(3)4)19-26(18-24)27-11-9-12-28-30(27)15-22(5)33(28)35(7,8)34-23(6)16-31-29(34)13-10-14-32(31)36/h9-21,33-34H,1-8H3. The highest BCUT2D eigenvalue weighted by molar-refractivity contribution is 9.10. The maximum atomic E-state index is 3.80. The van der Waals surface area contributed by atoms with Gasteiger partial charge in [0.1, 0.15) is 0 Å². The van der Waals surface area contributed by atoms with Crippen LogP contribution in [0.5, 0.6) is 0 Å². The first-order valence-corrected chi connectivity index (χ1v) is 14.2. The van der Waals surface area contributed by atoms with Gasteiger partial charge in [-0.2, -0.15) is 0 Å². The van der Waals surface area contributed by atoms with Crippen molar-refractivity contribution in [2.75, 3.05) is 0 Å². The molecule has 0 bridgehead atoms. The van der Waals surface area contributed by atoms with Gasteiger partial charge in [0.15, 0.2) is 0 Å². The molecule has 186 valence electrons. The van der Waals surface area contributed by atoms with Crippen LogP contribution in [0, 0.1) is 5.41 Å². The number of hydrogen-bond donors (Lipinski definition) is 0. The first-order chi connectivity index (χ1) is 17.0. The number of allylic oxidation sites excluding steroid dienone is 2. The summed E-state index contributed by atoms with van der Waals surface area (Å²) >= 11 is 3.80. The highest BCUT2D eigenvalue weighted by Gasteiger charge is 2.45. The Labute approximate surface area is 226 Å². The third-order valence-corrected chi connectivity index (χ3v) is 9.30. The van der Waals surface area contributed by atoms with Gasteiger partial charge in [-0.25, -0.2) is 0 Å². The monoisotopic (exact) mass is 538 g/mol. The predicted octanol–water partition coefficient (Wildman–Crippen LogP) is 11.1. The Balaban J connectivity index is 1.63. The van der Waals surface area contributed by atoms with E-state index in [1.54, 1.807) is 0 Å². The summed E-state index contributed by atoms with van der Waals surface area (Å²) in [4.78, 5) is 0. The van der Waals surface area contributed by atoms with Crippen molar-refractivity contribution in [3.8, 4) is 11.1 Å². The third kappa shape index (κ3) is 4.04. The van der Waals surface area contributed by atoms with Gasteiger partial charge in [-0.15, -0.1) is 0 Å². The number of rotatable bonds is 5. The Morgan fingerprint density at radius 1 is 0.694 bits per heavy atom. The van der Waals surface area contributed by atoms with Gasteiger partial charge in [-0.05, 0) is 81.7 Å². The Morgan fingerprint density at radius 2 is 1.19 bits per heavy atom. The zero-order valence-electron chi connectivity index (χ0n) is 23.0. The van der Waals surface area contributed by atoms with Crippen molar-refractivity contribution in [3.63, 3.8) is 0 Å². The highest BCUT2D eigenvalue weighted by Crippen LogP contribution is 2.59. The minimum atomic E-state index is 0.0416. The molecule has 0 N–H and O–H groups in total. The number of benzene rings is 3. The fourth-order valence-corrected chi connectivity index (χ4v) is 7.45. The molecule has 0 saturated heterocycles. The fraction of sp³-hybridized carbons (Fsp3) is 0.371. The van der Waals surface area contributed by atoms with Gasteiger partial charge in [0.25, 0.3) is 0 Å². The molecule has 5 rings (SSSR count). The lowest BCUT2D eigenvalue weighted by Crippen LogP contribution is -2.29. The van der Waals surface area contributed by atoms with Gasteiger partial charge in [-0.3, -0.25) is 0 Å². The van der Waals surface area contributed by atoms with E-state index in [2.05, 4.69) is 138 Å². The number of halogens is 1. The molecule has 0 nitrogen and oxygen atoms in total. The molecular formula is C35H39Br. The van der Waals surface area contributed by atoms with E-state index in [1.165, 1.54) is 60.1 Å². The summed E-state index contributed by atoms with van der Waals surface area (Å²) in [5, 5.41) is 0. The number of fused-ring (bicyclic) bond motifs is 2. The van der Waals surface area contributed by atoms with E-state index < -0.39 is 0 Å². The van der Waals surface area contributed by atoms with Crippen LogP contribution in [0.4, 0.5) is 0 Å². The van der Waals surface area contributed by atoms with Crippen LogP contribution >= 0.6 is 15.9 Å². The van der Waals surface area contributed by atoms with Crippen LogP contribution in [0.2, 0.25) is 0 Å². The second-order valence-electron chi connectivity index (χ2n) is 12.2. The summed E-state index contributed by atoms with van der Waals surface area (Å²) in [5.41, 5.74) is 14.3. The molecule has 2 atom stereocenters. The van der Waals surface area contributed by atoms with E-state index in [9.17, 15) is 0 Å². The number of hydrogen-bond acceptors (Lipinski definition) is 0. The highest BCUT2D eigenvalue weighted by atomic mass is 79.9. The maximum absolute atomic E-state index is 3.80. The van der Waals surface area contributed by atoms with E-state index in [0.29, 0.717) is 23.7 Å². The second-order valence-corrected chi connectivity index (χ2v) is 13.1. The molecule has 1 heteroatoms. The quantitative estimate of drug-likeness (QED) is 0.302. The average Bonchev–Trinajstić information content (AvgIpc) is 3.35. The molecule has 0 heterocycles. The van der Waals surface area contributed by atoms with Crippen molar-refractivity contribution in [3.05, 3.63) is 104 Å². The lowest BCUT2D eigenvalue weighted by atomic mass is 9.62. The topological polar surface area (TPSA) is 0 Å². The van der Waals surface area contributed by atoms with E-state index in [-0.39, 0.29) is 5.41 Å². The van der Waals surface area contributed by atoms with Crippen LogP contribution in [-0.4, -0.2) is 0 Å². The molecule has 0 radical (unpaired) electrons. The zero-order chi connectivity index (χ0) is 25.9. The van der Waals surface area contributed by atoms with Gasteiger partial charge in [0.2, 0.25) is 0 Å². The van der Waals surface area contributed by atoms with Crippen LogP contribution < -0.4 is 0 Å². The summed E-state index contributed by atoms with van der Waals surface area (Å²) in [6, 6.07) is 20.9. The Bertz CT molecular complexity index is 1370. The Hall–Kier alpha value is -2.38. The van der Waals surface area contributed by atoms with Crippen LogP contribution in [0.1, 0.15) is 112 Å². The molecule has 2 aliphatic rings. The first-order valence-electron chi connectivity index (χ1n) is 13.4. The van der Waals surface area contributed by atoms with Crippen molar-refractivity contribution in [1.29, 1.82) is 0 Å². The molecule has 3 aromatic carbocycles. The van der Waals surface area contributed by atoms with Crippen molar-refractivity contribution in [2.24, 2.45) is 5.41 Å². The molecule has 2 unspecified atom stereocenters. The predicted molar refractivity (Wildman–Crippen MR) is 161 cm³/mol. The molecule has 0 fully saturated rings. The summed E-state index contributed by atoms with van der Waals surface area (Å²) < 4.78 is 1.20. The van der Waals surface area contributed by atoms with Crippen molar-refractivity contribution in [2.45, 2.75) is 79.1 Å². The van der Waals surface area contributed by atoms with Gasteiger partial charge >= 0.3 is 0 Å². The molecule has 0 spiro atoms. The Kier molecular flexibility index (Phi) is 6.44. The van der Waals surface area contributed by atoms with Gasteiger partial charge in [-0.1, -0.05) is 129 Å².